The lowest BCUT2D eigenvalue weighted by Gasteiger charge is -1.99. The third-order valence-electron chi connectivity index (χ3n) is 1.18. The van der Waals surface area contributed by atoms with Crippen molar-refractivity contribution < 1.29 is 0 Å². The van der Waals surface area contributed by atoms with E-state index in [9.17, 15) is 0 Å². The molecule has 0 aromatic heterocycles. The highest BCUT2D eigenvalue weighted by molar-refractivity contribution is 7.90. The second-order valence-corrected chi connectivity index (χ2v) is 2.87. The van der Waals surface area contributed by atoms with Crippen LogP contribution in [0.2, 0.25) is 5.02 Å². The third-order valence-corrected chi connectivity index (χ3v) is 1.76. The van der Waals surface area contributed by atoms with Crippen LogP contribution in [0, 0.1) is 0 Å². The molecule has 2 heteroatoms. The third kappa shape index (κ3) is 1.55. The van der Waals surface area contributed by atoms with Crippen LogP contribution in [-0.4, -0.2) is 0 Å². The lowest BCUT2D eigenvalue weighted by Crippen LogP contribution is -1.75. The van der Waals surface area contributed by atoms with E-state index in [1.165, 1.54) is 0 Å². The molecular weight excluding hydrogens is 164 g/mol. The zero-order valence-corrected chi connectivity index (χ0v) is 6.99. The van der Waals surface area contributed by atoms with E-state index in [0.717, 1.165) is 5.56 Å². The average Bonchev–Trinajstić information content (AvgIpc) is 1.88. The van der Waals surface area contributed by atoms with Crippen LogP contribution in [0.1, 0.15) is 5.56 Å². The van der Waals surface area contributed by atoms with Crippen LogP contribution in [0.4, 0.5) is 0 Å². The zero-order valence-electron chi connectivity index (χ0n) is 5.34. The Bertz CT molecular complexity index is 255. The number of thiol groups is 1. The van der Waals surface area contributed by atoms with E-state index >= 15 is 0 Å². The Labute approximate surface area is 70.9 Å². The molecule has 1 aromatic rings. The maximum Gasteiger partial charge on any atom is 0.0489 e. The fourth-order valence-electron chi connectivity index (χ4n) is 0.695. The van der Waals surface area contributed by atoms with Gasteiger partial charge in [-0.2, -0.15) is 0 Å². The summed E-state index contributed by atoms with van der Waals surface area (Å²) in [4.78, 5) is 0.700. The molecule has 0 heterocycles. The molecule has 0 N–H and O–H groups in total. The van der Waals surface area contributed by atoms with Crippen molar-refractivity contribution in [2.24, 2.45) is 0 Å². The summed E-state index contributed by atoms with van der Waals surface area (Å²) in [5, 5.41) is 0.697. The Morgan fingerprint density at radius 3 is 2.40 bits per heavy atom. The highest BCUT2D eigenvalue weighted by atomic mass is 35.5. The van der Waals surface area contributed by atoms with Crippen molar-refractivity contribution in [2.45, 2.75) is 0 Å². The second-order valence-electron chi connectivity index (χ2n) is 1.93. The molecule has 0 saturated heterocycles. The van der Waals surface area contributed by atoms with Gasteiger partial charge >= 0.3 is 0 Å². The van der Waals surface area contributed by atoms with Crippen LogP contribution in [0.15, 0.2) is 30.8 Å². The first-order chi connectivity index (χ1) is 4.72. The molecule has 0 atom stereocenters. The van der Waals surface area contributed by atoms with Gasteiger partial charge in [0, 0.05) is 15.5 Å². The number of halogens is 1. The van der Waals surface area contributed by atoms with Crippen molar-refractivity contribution in [3.05, 3.63) is 41.4 Å². The van der Waals surface area contributed by atoms with E-state index in [1.807, 2.05) is 24.3 Å². The Morgan fingerprint density at radius 2 is 2.00 bits per heavy atom. The van der Waals surface area contributed by atoms with E-state index in [4.69, 9.17) is 11.6 Å². The van der Waals surface area contributed by atoms with Gasteiger partial charge < -0.3 is 0 Å². The van der Waals surface area contributed by atoms with Gasteiger partial charge in [-0.1, -0.05) is 36.4 Å². The van der Waals surface area contributed by atoms with Gasteiger partial charge in [0.05, 0.1) is 0 Å². The minimum Gasteiger partial charge on any atom is -0.143 e. The van der Waals surface area contributed by atoms with E-state index in [-0.39, 0.29) is 0 Å². The monoisotopic (exact) mass is 170 g/mol. The van der Waals surface area contributed by atoms with Gasteiger partial charge in [-0.25, -0.2) is 0 Å². The van der Waals surface area contributed by atoms with Gasteiger partial charge in [0.25, 0.3) is 0 Å². The lowest BCUT2D eigenvalue weighted by atomic mass is 10.2. The predicted molar refractivity (Wildman–Crippen MR) is 49.5 cm³/mol. The first-order valence-corrected chi connectivity index (χ1v) is 3.67. The lowest BCUT2D eigenvalue weighted by molar-refractivity contribution is 1.66. The fraction of sp³-hybridized carbons (Fsp3) is 0. The number of hydrogen-bond acceptors (Lipinski definition) is 1. The molecule has 10 heavy (non-hydrogen) atoms. The highest BCUT2D eigenvalue weighted by Crippen LogP contribution is 2.23. The number of rotatable bonds is 1. The maximum absolute atomic E-state index is 5.81. The first-order valence-electron chi connectivity index (χ1n) is 2.84. The van der Waals surface area contributed by atoms with Gasteiger partial charge in [-0.3, -0.25) is 0 Å². The topological polar surface area (TPSA) is 0 Å². The van der Waals surface area contributed by atoms with Crippen LogP contribution in [0.3, 0.4) is 0 Å². The van der Waals surface area contributed by atoms with Gasteiger partial charge in [0.15, 0.2) is 0 Å². The van der Waals surface area contributed by atoms with Crippen molar-refractivity contribution >= 4 is 29.1 Å². The molecule has 52 valence electrons. The smallest absolute Gasteiger partial charge is 0.0489 e. The largest absolute Gasteiger partial charge is 0.143 e. The van der Waals surface area contributed by atoms with Gasteiger partial charge in [-0.15, -0.1) is 12.6 Å². The van der Waals surface area contributed by atoms with E-state index in [1.54, 1.807) is 0 Å². The molecule has 0 nitrogen and oxygen atoms in total. The van der Waals surface area contributed by atoms with Crippen molar-refractivity contribution in [2.75, 3.05) is 0 Å². The average molecular weight is 171 g/mol. The molecule has 0 aliphatic heterocycles. The Morgan fingerprint density at radius 1 is 1.40 bits per heavy atom. The summed E-state index contributed by atoms with van der Waals surface area (Å²) in [5.41, 5.74) is 0.896. The molecule has 0 saturated carbocycles. The molecule has 0 aliphatic carbocycles. The minimum absolute atomic E-state index is 0.697. The molecular formula is C8H7ClS. The molecule has 1 rings (SSSR count). The van der Waals surface area contributed by atoms with Gasteiger partial charge in [0.2, 0.25) is 0 Å². The molecule has 0 unspecified atom stereocenters. The van der Waals surface area contributed by atoms with E-state index < -0.39 is 0 Å². The molecule has 1 aromatic carbocycles. The molecule has 0 fully saturated rings. The van der Waals surface area contributed by atoms with Crippen LogP contribution in [0.5, 0.6) is 0 Å². The summed E-state index contributed by atoms with van der Waals surface area (Å²) in [6, 6.07) is 7.49. The molecule has 0 radical (unpaired) electrons. The van der Waals surface area contributed by atoms with Crippen LogP contribution >= 0.6 is 24.2 Å². The normalized spacial score (nSPS) is 9.40. The summed E-state index contributed by atoms with van der Waals surface area (Å²) < 4.78 is 0. The minimum atomic E-state index is 0.697. The standard InChI is InChI=1S/C8H7ClS/c1-6(10)7-4-2-3-5-8(7)9/h2-5,10H,1H2. The van der Waals surface area contributed by atoms with Crippen molar-refractivity contribution in [1.29, 1.82) is 0 Å². The summed E-state index contributed by atoms with van der Waals surface area (Å²) in [7, 11) is 0. The maximum atomic E-state index is 5.81. The Hall–Kier alpha value is -0.400. The van der Waals surface area contributed by atoms with Crippen LogP contribution in [-0.2, 0) is 0 Å². The number of hydrogen-bond donors (Lipinski definition) is 1. The van der Waals surface area contributed by atoms with Gasteiger partial charge in [0.1, 0.15) is 0 Å². The SMILES string of the molecule is C=C(S)c1ccccc1Cl. The Balaban J connectivity index is 3.15. The highest BCUT2D eigenvalue weighted by Gasteiger charge is 1.97. The van der Waals surface area contributed by atoms with E-state index in [2.05, 4.69) is 19.2 Å². The van der Waals surface area contributed by atoms with Crippen LogP contribution in [0.25, 0.3) is 4.91 Å². The summed E-state index contributed by atoms with van der Waals surface area (Å²) in [5.74, 6) is 0. The summed E-state index contributed by atoms with van der Waals surface area (Å²) in [6.45, 7) is 3.67. The molecule has 0 spiro atoms. The van der Waals surface area contributed by atoms with Crippen molar-refractivity contribution in [3.63, 3.8) is 0 Å². The molecule has 0 amide bonds. The number of benzene rings is 1. The van der Waals surface area contributed by atoms with E-state index in [0.29, 0.717) is 9.93 Å². The van der Waals surface area contributed by atoms with Crippen LogP contribution < -0.4 is 0 Å². The fourth-order valence-corrected chi connectivity index (χ4v) is 1.21. The summed E-state index contributed by atoms with van der Waals surface area (Å²) >= 11 is 9.89. The quantitative estimate of drug-likeness (QED) is 0.615. The molecule has 0 bridgehead atoms. The van der Waals surface area contributed by atoms with Crippen molar-refractivity contribution in [3.8, 4) is 0 Å². The molecule has 0 aliphatic rings. The van der Waals surface area contributed by atoms with Crippen molar-refractivity contribution in [1.82, 2.24) is 0 Å². The Kier molecular flexibility index (Phi) is 2.41. The zero-order chi connectivity index (χ0) is 7.56. The summed E-state index contributed by atoms with van der Waals surface area (Å²) in [6.07, 6.45) is 0. The van der Waals surface area contributed by atoms with Gasteiger partial charge in [-0.05, 0) is 6.07 Å². The second kappa shape index (κ2) is 3.13. The predicted octanol–water partition coefficient (Wildman–Crippen LogP) is 3.24. The first kappa shape index (κ1) is 7.70.